The summed E-state index contributed by atoms with van der Waals surface area (Å²) in [5.74, 6) is -0.269. The fraction of sp³-hybridized carbons (Fsp3) is 0.533. The van der Waals surface area contributed by atoms with Crippen molar-refractivity contribution >= 4 is 0 Å². The number of piperazine rings is 1. The molecule has 0 aromatic heterocycles. The topological polar surface area (TPSA) is 30.3 Å². The lowest BCUT2D eigenvalue weighted by Crippen LogP contribution is -2.51. The molecule has 0 saturated carbocycles. The van der Waals surface area contributed by atoms with E-state index in [2.05, 4.69) is 29.7 Å². The van der Waals surface area contributed by atoms with E-state index in [-0.39, 0.29) is 5.82 Å². The van der Waals surface area contributed by atoms with E-state index in [9.17, 15) is 4.39 Å². The maximum absolute atomic E-state index is 13.3. The highest BCUT2D eigenvalue weighted by Gasteiger charge is 2.22. The van der Waals surface area contributed by atoms with E-state index in [1.165, 1.54) is 12.1 Å². The Morgan fingerprint density at radius 3 is 2.84 bits per heavy atom. The van der Waals surface area contributed by atoms with Gasteiger partial charge in [0.2, 0.25) is 0 Å². The van der Waals surface area contributed by atoms with Gasteiger partial charge in [-0.05, 0) is 37.2 Å². The minimum atomic E-state index is -0.269. The predicted molar refractivity (Wildman–Crippen MR) is 73.1 cm³/mol. The molecule has 1 aliphatic rings. The van der Waals surface area contributed by atoms with Crippen LogP contribution in [0.25, 0.3) is 0 Å². The molecule has 0 N–H and O–H groups in total. The zero-order chi connectivity index (χ0) is 13.8. The average Bonchev–Trinajstić information content (AvgIpc) is 2.39. The molecular formula is C15H20FN3. The van der Waals surface area contributed by atoms with Crippen molar-refractivity contribution < 1.29 is 4.39 Å². The standard InChI is InChI=1S/C15H20FN3/c1-3-19-7-6-18(10-12(19)2)11-14-8-15(16)5-4-13(14)9-17/h4-5,8,12H,3,6-7,10-11H2,1-2H3. The van der Waals surface area contributed by atoms with E-state index in [0.717, 1.165) is 31.7 Å². The van der Waals surface area contributed by atoms with Crippen LogP contribution in [0.4, 0.5) is 4.39 Å². The Bertz CT molecular complexity index is 481. The average molecular weight is 261 g/mol. The highest BCUT2D eigenvalue weighted by atomic mass is 19.1. The van der Waals surface area contributed by atoms with Crippen molar-refractivity contribution in [1.82, 2.24) is 9.80 Å². The molecule has 1 aromatic carbocycles. The number of nitrogens with zero attached hydrogens (tertiary/aromatic N) is 3. The first-order valence-electron chi connectivity index (χ1n) is 6.79. The van der Waals surface area contributed by atoms with Crippen molar-refractivity contribution in [3.05, 3.63) is 35.1 Å². The molecule has 0 amide bonds. The lowest BCUT2D eigenvalue weighted by atomic mass is 10.1. The quantitative estimate of drug-likeness (QED) is 0.836. The van der Waals surface area contributed by atoms with Gasteiger partial charge in [0.15, 0.2) is 0 Å². The van der Waals surface area contributed by atoms with Crippen LogP contribution >= 0.6 is 0 Å². The highest BCUT2D eigenvalue weighted by molar-refractivity contribution is 5.37. The van der Waals surface area contributed by atoms with Gasteiger partial charge in [-0.3, -0.25) is 9.80 Å². The van der Waals surface area contributed by atoms with E-state index in [1.807, 2.05) is 0 Å². The lowest BCUT2D eigenvalue weighted by Gasteiger charge is -2.39. The third-order valence-corrected chi connectivity index (χ3v) is 3.84. The third-order valence-electron chi connectivity index (χ3n) is 3.84. The Labute approximate surface area is 114 Å². The maximum atomic E-state index is 13.3. The van der Waals surface area contributed by atoms with Gasteiger partial charge in [-0.25, -0.2) is 4.39 Å². The number of hydrogen-bond donors (Lipinski definition) is 0. The summed E-state index contributed by atoms with van der Waals surface area (Å²) in [5, 5.41) is 9.07. The second-order valence-corrected chi connectivity index (χ2v) is 5.13. The van der Waals surface area contributed by atoms with Crippen LogP contribution in [0.15, 0.2) is 18.2 Å². The maximum Gasteiger partial charge on any atom is 0.123 e. The molecule has 4 heteroatoms. The minimum Gasteiger partial charge on any atom is -0.298 e. The van der Waals surface area contributed by atoms with Crippen molar-refractivity contribution in [1.29, 1.82) is 5.26 Å². The SMILES string of the molecule is CCN1CCN(Cc2cc(F)ccc2C#N)CC1C. The Morgan fingerprint density at radius 2 is 2.21 bits per heavy atom. The van der Waals surface area contributed by atoms with E-state index in [4.69, 9.17) is 5.26 Å². The number of halogens is 1. The molecule has 102 valence electrons. The van der Waals surface area contributed by atoms with Crippen molar-refractivity contribution in [2.75, 3.05) is 26.2 Å². The third kappa shape index (κ3) is 3.31. The molecular weight excluding hydrogens is 241 g/mol. The van der Waals surface area contributed by atoms with Gasteiger partial charge in [0, 0.05) is 32.2 Å². The van der Waals surface area contributed by atoms with Gasteiger partial charge in [-0.2, -0.15) is 5.26 Å². The predicted octanol–water partition coefficient (Wildman–Crippen LogP) is 2.22. The molecule has 1 aliphatic heterocycles. The summed E-state index contributed by atoms with van der Waals surface area (Å²) in [6, 6.07) is 7.05. The van der Waals surface area contributed by atoms with Gasteiger partial charge in [-0.15, -0.1) is 0 Å². The molecule has 0 radical (unpaired) electrons. The summed E-state index contributed by atoms with van der Waals surface area (Å²) in [6.07, 6.45) is 0. The second kappa shape index (κ2) is 6.14. The van der Waals surface area contributed by atoms with Gasteiger partial charge in [0.25, 0.3) is 0 Å². The largest absolute Gasteiger partial charge is 0.298 e. The first-order valence-corrected chi connectivity index (χ1v) is 6.79. The summed E-state index contributed by atoms with van der Waals surface area (Å²) in [4.78, 5) is 4.74. The van der Waals surface area contributed by atoms with Crippen molar-refractivity contribution in [3.8, 4) is 6.07 Å². The first-order chi connectivity index (χ1) is 9.13. The van der Waals surface area contributed by atoms with E-state index < -0.39 is 0 Å². The van der Waals surface area contributed by atoms with Gasteiger partial charge < -0.3 is 0 Å². The molecule has 0 spiro atoms. The number of nitriles is 1. The van der Waals surface area contributed by atoms with E-state index in [0.29, 0.717) is 18.2 Å². The molecule has 1 fully saturated rings. The fourth-order valence-electron chi connectivity index (χ4n) is 2.73. The Kier molecular flexibility index (Phi) is 4.52. The monoisotopic (exact) mass is 261 g/mol. The number of benzene rings is 1. The van der Waals surface area contributed by atoms with Crippen LogP contribution in [0.5, 0.6) is 0 Å². The molecule has 1 atom stereocenters. The van der Waals surface area contributed by atoms with Crippen molar-refractivity contribution in [2.24, 2.45) is 0 Å². The van der Waals surface area contributed by atoms with Gasteiger partial charge >= 0.3 is 0 Å². The van der Waals surface area contributed by atoms with Crippen molar-refractivity contribution in [3.63, 3.8) is 0 Å². The van der Waals surface area contributed by atoms with Crippen LogP contribution in [-0.4, -0.2) is 42.0 Å². The Morgan fingerprint density at radius 1 is 1.42 bits per heavy atom. The van der Waals surface area contributed by atoms with E-state index >= 15 is 0 Å². The molecule has 1 unspecified atom stereocenters. The molecule has 2 rings (SSSR count). The van der Waals surface area contributed by atoms with Crippen LogP contribution in [0.1, 0.15) is 25.0 Å². The summed E-state index contributed by atoms with van der Waals surface area (Å²) in [6.45, 7) is 9.09. The molecule has 0 aliphatic carbocycles. The van der Waals surface area contributed by atoms with Crippen LogP contribution < -0.4 is 0 Å². The smallest absolute Gasteiger partial charge is 0.123 e. The minimum absolute atomic E-state index is 0.269. The van der Waals surface area contributed by atoms with Gasteiger partial charge in [-0.1, -0.05) is 6.92 Å². The van der Waals surface area contributed by atoms with Crippen LogP contribution in [0, 0.1) is 17.1 Å². The first kappa shape index (κ1) is 14.0. The summed E-state index contributed by atoms with van der Waals surface area (Å²) in [7, 11) is 0. The summed E-state index contributed by atoms with van der Waals surface area (Å²) >= 11 is 0. The van der Waals surface area contributed by atoms with E-state index in [1.54, 1.807) is 6.07 Å². The number of hydrogen-bond acceptors (Lipinski definition) is 3. The molecule has 19 heavy (non-hydrogen) atoms. The van der Waals surface area contributed by atoms with Gasteiger partial charge in [0.05, 0.1) is 11.6 Å². The van der Waals surface area contributed by atoms with Crippen LogP contribution in [-0.2, 0) is 6.54 Å². The fourth-order valence-corrected chi connectivity index (χ4v) is 2.73. The number of likely N-dealkylation sites (N-methyl/N-ethyl adjacent to an activating group) is 1. The van der Waals surface area contributed by atoms with Crippen LogP contribution in [0.2, 0.25) is 0 Å². The molecule has 1 saturated heterocycles. The Balaban J connectivity index is 2.06. The highest BCUT2D eigenvalue weighted by Crippen LogP contribution is 2.16. The molecule has 3 nitrogen and oxygen atoms in total. The second-order valence-electron chi connectivity index (χ2n) is 5.13. The molecule has 0 bridgehead atoms. The van der Waals surface area contributed by atoms with Crippen molar-refractivity contribution in [2.45, 2.75) is 26.4 Å². The number of rotatable bonds is 3. The zero-order valence-corrected chi connectivity index (χ0v) is 11.6. The molecule has 1 aromatic rings. The Hall–Kier alpha value is -1.44. The summed E-state index contributed by atoms with van der Waals surface area (Å²) in [5.41, 5.74) is 1.37. The summed E-state index contributed by atoms with van der Waals surface area (Å²) < 4.78 is 13.3. The molecule has 1 heterocycles. The van der Waals surface area contributed by atoms with Gasteiger partial charge in [0.1, 0.15) is 5.82 Å². The lowest BCUT2D eigenvalue weighted by molar-refractivity contribution is 0.0833. The zero-order valence-electron chi connectivity index (χ0n) is 11.6. The normalized spacial score (nSPS) is 21.3. The van der Waals surface area contributed by atoms with Crippen LogP contribution in [0.3, 0.4) is 0 Å².